The molecule has 0 spiro atoms. The summed E-state index contributed by atoms with van der Waals surface area (Å²) in [5.41, 5.74) is 0.331. The van der Waals surface area contributed by atoms with E-state index in [9.17, 15) is 19.2 Å². The molecule has 144 valence electrons. The first-order chi connectivity index (χ1) is 13.5. The Balaban J connectivity index is 1.27. The maximum Gasteiger partial charge on any atom is 0.337 e. The Bertz CT molecular complexity index is 883. The second kappa shape index (κ2) is 6.02. The fraction of sp³-hybridized carbons (Fsp3) is 0.429. The lowest BCUT2D eigenvalue weighted by Gasteiger charge is -2.37. The molecule has 1 aliphatic heterocycles. The number of ether oxygens (including phenoxy) is 2. The number of nitrogens with zero attached hydrogens (tertiary/aromatic N) is 1. The molecule has 2 saturated carbocycles. The molecule has 28 heavy (non-hydrogen) atoms. The van der Waals surface area contributed by atoms with Crippen LogP contribution in [0.25, 0.3) is 0 Å². The molecule has 0 radical (unpaired) electrons. The van der Waals surface area contributed by atoms with E-state index >= 15 is 0 Å². The molecule has 1 aromatic carbocycles. The number of rotatable bonds is 4. The van der Waals surface area contributed by atoms with Crippen molar-refractivity contribution in [1.29, 1.82) is 0 Å². The van der Waals surface area contributed by atoms with E-state index < -0.39 is 18.5 Å². The van der Waals surface area contributed by atoms with Gasteiger partial charge in [0.15, 0.2) is 0 Å². The van der Waals surface area contributed by atoms with E-state index in [0.29, 0.717) is 17.4 Å². The highest BCUT2D eigenvalue weighted by Gasteiger charge is 2.67. The fourth-order valence-electron chi connectivity index (χ4n) is 5.24. The van der Waals surface area contributed by atoms with Crippen molar-refractivity contribution in [3.05, 3.63) is 42.0 Å². The third kappa shape index (κ3) is 2.42. The Morgan fingerprint density at radius 2 is 1.57 bits per heavy atom. The molecule has 0 aromatic heterocycles. The predicted molar refractivity (Wildman–Crippen MR) is 94.8 cm³/mol. The minimum Gasteiger partial charge on any atom is -0.465 e. The molecule has 7 heteroatoms. The number of hydrogen-bond donors (Lipinski definition) is 0. The normalized spacial score (nSPS) is 34.1. The number of imide groups is 1. The Morgan fingerprint density at radius 3 is 2.11 bits per heavy atom. The average Bonchev–Trinajstić information content (AvgIpc) is 3.49. The summed E-state index contributed by atoms with van der Waals surface area (Å²) in [6.45, 7) is -0.391. The number of methoxy groups -OCH3 is 1. The monoisotopic (exact) mass is 381 g/mol. The molecule has 4 aliphatic carbocycles. The molecule has 2 amide bonds. The number of allylic oxidation sites excluding steroid dienone is 2. The predicted octanol–water partition coefficient (Wildman–Crippen LogP) is 1.43. The van der Waals surface area contributed by atoms with E-state index in [0.717, 1.165) is 11.3 Å². The molecular formula is C21H19NO6. The lowest BCUT2D eigenvalue weighted by Crippen LogP contribution is -2.40. The molecule has 6 atom stereocenters. The molecule has 1 heterocycles. The van der Waals surface area contributed by atoms with Gasteiger partial charge >= 0.3 is 11.9 Å². The SMILES string of the molecule is COC(=O)c1ccc(OC(=O)CN2C(=O)[C@@H]3[C@H]4C=C[C@@H]([C@@H]5C[C@@H]45)[C@@H]3C2=O)cc1. The van der Waals surface area contributed by atoms with Crippen LogP contribution >= 0.6 is 0 Å². The molecule has 0 unspecified atom stereocenters. The first kappa shape index (κ1) is 17.2. The van der Waals surface area contributed by atoms with Crippen LogP contribution < -0.4 is 4.74 Å². The van der Waals surface area contributed by atoms with Crippen LogP contribution in [0.4, 0.5) is 0 Å². The summed E-state index contributed by atoms with van der Waals surface area (Å²) in [4.78, 5) is 50.5. The van der Waals surface area contributed by atoms with E-state index in [4.69, 9.17) is 4.74 Å². The van der Waals surface area contributed by atoms with Gasteiger partial charge in [0.05, 0.1) is 24.5 Å². The minimum atomic E-state index is -0.684. The van der Waals surface area contributed by atoms with Gasteiger partial charge in [0.25, 0.3) is 0 Å². The second-order valence-corrected chi connectivity index (χ2v) is 7.91. The molecule has 7 nitrogen and oxygen atoms in total. The highest BCUT2D eigenvalue weighted by molar-refractivity contribution is 6.08. The third-order valence-corrected chi connectivity index (χ3v) is 6.55. The van der Waals surface area contributed by atoms with Crippen molar-refractivity contribution >= 4 is 23.8 Å². The number of hydrogen-bond acceptors (Lipinski definition) is 6. The number of amides is 2. The summed E-state index contributed by atoms with van der Waals surface area (Å²) in [5.74, 6) is -0.788. The topological polar surface area (TPSA) is 90.0 Å². The first-order valence-corrected chi connectivity index (χ1v) is 9.42. The van der Waals surface area contributed by atoms with Crippen LogP contribution in [-0.4, -0.2) is 42.3 Å². The lowest BCUT2D eigenvalue weighted by molar-refractivity contribution is -0.148. The van der Waals surface area contributed by atoms with Gasteiger partial charge in [-0.25, -0.2) is 9.59 Å². The standard InChI is InChI=1S/C21H19NO6/c1-27-21(26)10-2-4-11(5-3-10)28-16(23)9-22-19(24)17-12-6-7-13(15-8-14(12)15)18(17)20(22)25/h2-7,12-15,17-18H,8-9H2,1H3/t12-,13-,14-,15-,17-,18+/m0/s1. The van der Waals surface area contributed by atoms with Crippen LogP contribution in [0.5, 0.6) is 5.75 Å². The van der Waals surface area contributed by atoms with Gasteiger partial charge in [-0.15, -0.1) is 0 Å². The summed E-state index contributed by atoms with van der Waals surface area (Å²) in [6, 6.07) is 5.89. The summed E-state index contributed by atoms with van der Waals surface area (Å²) in [6.07, 6.45) is 5.28. The Labute approximate surface area is 161 Å². The van der Waals surface area contributed by atoms with Crippen molar-refractivity contribution in [2.24, 2.45) is 35.5 Å². The van der Waals surface area contributed by atoms with Gasteiger partial charge in [-0.2, -0.15) is 0 Å². The maximum absolute atomic E-state index is 12.9. The molecule has 1 aromatic rings. The molecule has 0 N–H and O–H groups in total. The number of carbonyl (C=O) groups is 4. The summed E-state index contributed by atoms with van der Waals surface area (Å²) in [5, 5.41) is 0. The molecule has 6 rings (SSSR count). The zero-order valence-electron chi connectivity index (χ0n) is 15.2. The average molecular weight is 381 g/mol. The molecule has 2 bridgehead atoms. The Kier molecular flexibility index (Phi) is 3.69. The highest BCUT2D eigenvalue weighted by atomic mass is 16.5. The van der Waals surface area contributed by atoms with Crippen molar-refractivity contribution in [2.45, 2.75) is 6.42 Å². The van der Waals surface area contributed by atoms with Gasteiger partial charge < -0.3 is 9.47 Å². The van der Waals surface area contributed by atoms with Crippen molar-refractivity contribution in [2.75, 3.05) is 13.7 Å². The van der Waals surface area contributed by atoms with Crippen LogP contribution in [0.15, 0.2) is 36.4 Å². The van der Waals surface area contributed by atoms with E-state index in [1.165, 1.54) is 31.4 Å². The quantitative estimate of drug-likeness (QED) is 0.339. The summed E-state index contributed by atoms with van der Waals surface area (Å²) in [7, 11) is 1.28. The van der Waals surface area contributed by atoms with Gasteiger partial charge in [0, 0.05) is 0 Å². The van der Waals surface area contributed by atoms with Gasteiger partial charge in [-0.05, 0) is 54.4 Å². The zero-order valence-corrected chi connectivity index (χ0v) is 15.2. The number of carbonyl (C=O) groups excluding carboxylic acids is 4. The van der Waals surface area contributed by atoms with Gasteiger partial charge in [-0.1, -0.05) is 12.2 Å². The van der Waals surface area contributed by atoms with Crippen LogP contribution in [-0.2, 0) is 19.1 Å². The Morgan fingerprint density at radius 1 is 1.00 bits per heavy atom. The Hall–Kier alpha value is -2.96. The molecule has 5 aliphatic rings. The number of likely N-dealkylation sites (tertiary alicyclic amines) is 1. The van der Waals surface area contributed by atoms with Crippen LogP contribution in [0.1, 0.15) is 16.8 Å². The fourth-order valence-corrected chi connectivity index (χ4v) is 5.24. The minimum absolute atomic E-state index is 0.128. The van der Waals surface area contributed by atoms with Gasteiger partial charge in [0.1, 0.15) is 12.3 Å². The number of benzene rings is 1. The van der Waals surface area contributed by atoms with Gasteiger partial charge in [-0.3, -0.25) is 14.5 Å². The van der Waals surface area contributed by atoms with Crippen molar-refractivity contribution < 1.29 is 28.7 Å². The van der Waals surface area contributed by atoms with E-state index in [2.05, 4.69) is 16.9 Å². The molecular weight excluding hydrogens is 362 g/mol. The van der Waals surface area contributed by atoms with E-state index in [1.54, 1.807) is 0 Å². The molecule has 3 fully saturated rings. The van der Waals surface area contributed by atoms with Crippen LogP contribution in [0.2, 0.25) is 0 Å². The van der Waals surface area contributed by atoms with Gasteiger partial charge in [0.2, 0.25) is 11.8 Å². The maximum atomic E-state index is 12.9. The largest absolute Gasteiger partial charge is 0.465 e. The zero-order chi connectivity index (χ0) is 19.6. The van der Waals surface area contributed by atoms with Crippen molar-refractivity contribution in [3.8, 4) is 5.75 Å². The summed E-state index contributed by atoms with van der Waals surface area (Å²) < 4.78 is 9.86. The number of esters is 2. The van der Waals surface area contributed by atoms with E-state index in [-0.39, 0.29) is 41.2 Å². The first-order valence-electron chi connectivity index (χ1n) is 9.42. The van der Waals surface area contributed by atoms with Crippen LogP contribution in [0.3, 0.4) is 0 Å². The van der Waals surface area contributed by atoms with Crippen molar-refractivity contribution in [1.82, 2.24) is 4.90 Å². The van der Waals surface area contributed by atoms with Crippen LogP contribution in [0, 0.1) is 35.5 Å². The lowest BCUT2D eigenvalue weighted by atomic mass is 9.63. The smallest absolute Gasteiger partial charge is 0.337 e. The molecule has 1 saturated heterocycles. The third-order valence-electron chi connectivity index (χ3n) is 6.55. The highest BCUT2D eigenvalue weighted by Crippen LogP contribution is 2.65. The second-order valence-electron chi connectivity index (χ2n) is 7.91. The van der Waals surface area contributed by atoms with E-state index in [1.807, 2.05) is 0 Å². The van der Waals surface area contributed by atoms with Crippen molar-refractivity contribution in [3.63, 3.8) is 0 Å². The summed E-state index contributed by atoms with van der Waals surface area (Å²) >= 11 is 0.